The third kappa shape index (κ3) is 4.66. The first-order chi connectivity index (χ1) is 12.1. The second-order valence-corrected chi connectivity index (χ2v) is 7.24. The van der Waals surface area contributed by atoms with E-state index in [9.17, 15) is 4.79 Å². The van der Waals surface area contributed by atoms with Gasteiger partial charge in [0.05, 0.1) is 10.2 Å². The number of ether oxygens (including phenoxy) is 2. The molecule has 0 fully saturated rings. The monoisotopic (exact) mass is 397 g/mol. The molecule has 0 spiro atoms. The van der Waals surface area contributed by atoms with Crippen molar-refractivity contribution >= 4 is 45.0 Å². The standard InChI is InChI=1S/C18H23N3O3S.ClH/c1-13-6-4-7-15-16(13)19-18(25-15)21(9-5-8-20(2)3)17(22)14-12-23-10-11-24-14;/h4,6-7,12H,5,8-11H2,1-3H3;1H. The Kier molecular flexibility index (Phi) is 7.25. The largest absolute Gasteiger partial charge is 0.494 e. The van der Waals surface area contributed by atoms with Crippen LogP contribution < -0.4 is 4.90 Å². The van der Waals surface area contributed by atoms with Crippen molar-refractivity contribution < 1.29 is 14.3 Å². The number of nitrogens with zero attached hydrogens (tertiary/aromatic N) is 3. The van der Waals surface area contributed by atoms with Gasteiger partial charge >= 0.3 is 0 Å². The lowest BCUT2D eigenvalue weighted by Crippen LogP contribution is -2.36. The van der Waals surface area contributed by atoms with Crippen LogP contribution in [0.15, 0.2) is 30.2 Å². The number of carbonyl (C=O) groups excluding carboxylic acids is 1. The highest BCUT2D eigenvalue weighted by Crippen LogP contribution is 2.31. The summed E-state index contributed by atoms with van der Waals surface area (Å²) in [5, 5.41) is 0.697. The number of hydrogen-bond donors (Lipinski definition) is 0. The minimum atomic E-state index is -0.199. The molecule has 0 saturated carbocycles. The Balaban J connectivity index is 0.00000243. The van der Waals surface area contributed by atoms with Crippen molar-refractivity contribution in [3.63, 3.8) is 0 Å². The average molecular weight is 398 g/mol. The summed E-state index contributed by atoms with van der Waals surface area (Å²) in [5.74, 6) is 0.0437. The first kappa shape index (κ1) is 20.5. The maximum atomic E-state index is 12.9. The van der Waals surface area contributed by atoms with Crippen molar-refractivity contribution in [2.24, 2.45) is 0 Å². The van der Waals surface area contributed by atoms with Gasteiger partial charge in [-0.1, -0.05) is 23.5 Å². The molecule has 1 amide bonds. The number of aromatic nitrogens is 1. The molecule has 0 aliphatic carbocycles. The minimum Gasteiger partial charge on any atom is -0.494 e. The zero-order chi connectivity index (χ0) is 17.8. The van der Waals surface area contributed by atoms with Gasteiger partial charge in [0.25, 0.3) is 5.91 Å². The van der Waals surface area contributed by atoms with Crippen LogP contribution in [0.2, 0.25) is 0 Å². The van der Waals surface area contributed by atoms with Crippen molar-refractivity contribution in [2.45, 2.75) is 13.3 Å². The molecular weight excluding hydrogens is 374 g/mol. The van der Waals surface area contributed by atoms with Gasteiger partial charge in [0.15, 0.2) is 5.13 Å². The SMILES string of the molecule is Cc1cccc2sc(N(CCCN(C)C)C(=O)C3=COCCO3)nc12.Cl. The molecule has 2 heterocycles. The van der Waals surface area contributed by atoms with Crippen LogP contribution in [-0.2, 0) is 14.3 Å². The number of aryl methyl sites for hydroxylation is 1. The molecule has 0 unspecified atom stereocenters. The number of carbonyl (C=O) groups is 1. The fourth-order valence-corrected chi connectivity index (χ4v) is 3.70. The number of fused-ring (bicyclic) bond motifs is 1. The van der Waals surface area contributed by atoms with Gasteiger partial charge in [0.1, 0.15) is 19.5 Å². The fraction of sp³-hybridized carbons (Fsp3) is 0.444. The lowest BCUT2D eigenvalue weighted by molar-refractivity contribution is -0.119. The highest BCUT2D eigenvalue weighted by atomic mass is 35.5. The van der Waals surface area contributed by atoms with Gasteiger partial charge in [-0.2, -0.15) is 0 Å². The van der Waals surface area contributed by atoms with Crippen LogP contribution in [0.1, 0.15) is 12.0 Å². The predicted molar refractivity (Wildman–Crippen MR) is 107 cm³/mol. The highest BCUT2D eigenvalue weighted by Gasteiger charge is 2.26. The number of para-hydroxylation sites is 1. The second-order valence-electron chi connectivity index (χ2n) is 6.23. The van der Waals surface area contributed by atoms with Crippen molar-refractivity contribution in [3.05, 3.63) is 35.8 Å². The normalized spacial score (nSPS) is 13.6. The Hall–Kier alpha value is -1.83. The quantitative estimate of drug-likeness (QED) is 0.749. The summed E-state index contributed by atoms with van der Waals surface area (Å²) in [4.78, 5) is 21.5. The van der Waals surface area contributed by atoms with E-state index in [0.29, 0.717) is 24.9 Å². The second kappa shape index (κ2) is 9.21. The van der Waals surface area contributed by atoms with E-state index in [0.717, 1.165) is 28.7 Å². The molecule has 1 aliphatic rings. The first-order valence-corrected chi connectivity index (χ1v) is 9.15. The molecule has 26 heavy (non-hydrogen) atoms. The summed E-state index contributed by atoms with van der Waals surface area (Å²) >= 11 is 1.53. The molecule has 3 rings (SSSR count). The molecule has 6 nitrogen and oxygen atoms in total. The zero-order valence-electron chi connectivity index (χ0n) is 15.2. The molecular formula is C18H24ClN3O3S. The van der Waals surface area contributed by atoms with Gasteiger partial charge < -0.3 is 14.4 Å². The van der Waals surface area contributed by atoms with Gasteiger partial charge in [0.2, 0.25) is 5.76 Å². The maximum absolute atomic E-state index is 12.9. The van der Waals surface area contributed by atoms with Gasteiger partial charge in [-0.15, -0.1) is 12.4 Å². The summed E-state index contributed by atoms with van der Waals surface area (Å²) in [7, 11) is 4.04. The van der Waals surface area contributed by atoms with E-state index in [-0.39, 0.29) is 24.1 Å². The smallest absolute Gasteiger partial charge is 0.298 e. The summed E-state index contributed by atoms with van der Waals surface area (Å²) in [5.41, 5.74) is 2.06. The van der Waals surface area contributed by atoms with Crippen molar-refractivity contribution in [2.75, 3.05) is 45.3 Å². The van der Waals surface area contributed by atoms with Crippen molar-refractivity contribution in [3.8, 4) is 0 Å². The van der Waals surface area contributed by atoms with Gasteiger partial charge in [0, 0.05) is 6.54 Å². The fourth-order valence-electron chi connectivity index (χ4n) is 2.63. The van der Waals surface area contributed by atoms with Crippen molar-refractivity contribution in [1.29, 1.82) is 0 Å². The number of rotatable bonds is 6. The third-order valence-corrected chi connectivity index (χ3v) is 4.98. The Morgan fingerprint density at radius 3 is 2.73 bits per heavy atom. The lowest BCUT2D eigenvalue weighted by Gasteiger charge is -2.23. The average Bonchev–Trinajstić information content (AvgIpc) is 3.04. The number of amides is 1. The highest BCUT2D eigenvalue weighted by molar-refractivity contribution is 7.22. The third-order valence-electron chi connectivity index (χ3n) is 3.93. The van der Waals surface area contributed by atoms with E-state index < -0.39 is 0 Å². The van der Waals surface area contributed by atoms with Crippen LogP contribution in [-0.4, -0.2) is 56.2 Å². The summed E-state index contributed by atoms with van der Waals surface area (Å²) in [6, 6.07) is 6.08. The lowest BCUT2D eigenvalue weighted by atomic mass is 10.2. The summed E-state index contributed by atoms with van der Waals surface area (Å²) in [6.45, 7) is 4.37. The van der Waals surface area contributed by atoms with E-state index in [4.69, 9.17) is 14.5 Å². The van der Waals surface area contributed by atoms with E-state index in [1.54, 1.807) is 4.90 Å². The van der Waals surface area contributed by atoms with Crippen LogP contribution >= 0.6 is 23.7 Å². The summed E-state index contributed by atoms with van der Waals surface area (Å²) < 4.78 is 11.8. The number of benzene rings is 1. The molecule has 2 aromatic rings. The van der Waals surface area contributed by atoms with Crippen LogP contribution in [0.5, 0.6) is 0 Å². The number of thiazole rings is 1. The zero-order valence-corrected chi connectivity index (χ0v) is 16.9. The Morgan fingerprint density at radius 1 is 1.27 bits per heavy atom. The molecule has 8 heteroatoms. The van der Waals surface area contributed by atoms with Crippen LogP contribution in [0, 0.1) is 6.92 Å². The minimum absolute atomic E-state index is 0. The maximum Gasteiger partial charge on any atom is 0.298 e. The van der Waals surface area contributed by atoms with Crippen LogP contribution in [0.4, 0.5) is 5.13 Å². The predicted octanol–water partition coefficient (Wildman–Crippen LogP) is 3.20. The Bertz CT molecular complexity index is 791. The molecule has 1 aromatic carbocycles. The molecule has 0 radical (unpaired) electrons. The van der Waals surface area contributed by atoms with Gasteiger partial charge in [-0.05, 0) is 45.6 Å². The first-order valence-electron chi connectivity index (χ1n) is 8.33. The van der Waals surface area contributed by atoms with Crippen LogP contribution in [0.3, 0.4) is 0 Å². The molecule has 0 N–H and O–H groups in total. The van der Waals surface area contributed by atoms with Crippen molar-refractivity contribution in [1.82, 2.24) is 9.88 Å². The number of anilines is 1. The molecule has 1 aliphatic heterocycles. The van der Waals surface area contributed by atoms with E-state index in [1.807, 2.05) is 39.2 Å². The van der Waals surface area contributed by atoms with E-state index in [1.165, 1.54) is 17.6 Å². The number of halogens is 1. The molecule has 0 saturated heterocycles. The van der Waals surface area contributed by atoms with Crippen LogP contribution in [0.25, 0.3) is 10.2 Å². The van der Waals surface area contributed by atoms with E-state index >= 15 is 0 Å². The molecule has 0 bridgehead atoms. The molecule has 0 atom stereocenters. The Labute approximate surface area is 163 Å². The molecule has 1 aromatic heterocycles. The van der Waals surface area contributed by atoms with E-state index in [2.05, 4.69) is 4.90 Å². The number of hydrogen-bond acceptors (Lipinski definition) is 6. The van der Waals surface area contributed by atoms with Gasteiger partial charge in [-0.3, -0.25) is 9.69 Å². The van der Waals surface area contributed by atoms with Gasteiger partial charge in [-0.25, -0.2) is 4.98 Å². The summed E-state index contributed by atoms with van der Waals surface area (Å²) in [6.07, 6.45) is 2.26. The Morgan fingerprint density at radius 2 is 2.08 bits per heavy atom. The topological polar surface area (TPSA) is 54.9 Å². The molecule has 142 valence electrons.